The third kappa shape index (κ3) is 31.1. The van der Waals surface area contributed by atoms with Crippen LogP contribution in [-0.4, -0.2) is 77.9 Å². The van der Waals surface area contributed by atoms with E-state index in [9.17, 15) is 24.2 Å². The summed E-state index contributed by atoms with van der Waals surface area (Å²) in [6, 6.07) is 0. The van der Waals surface area contributed by atoms with Gasteiger partial charge in [-0.3, -0.25) is 18.6 Å². The second-order valence-corrected chi connectivity index (χ2v) is 15.5. The molecular weight excluding hydrogens is 711 g/mol. The van der Waals surface area contributed by atoms with E-state index in [0.29, 0.717) is 25.0 Å². The molecule has 1 aliphatic rings. The summed E-state index contributed by atoms with van der Waals surface area (Å²) in [5.74, 6) is -0.972. The highest BCUT2D eigenvalue weighted by atomic mass is 31.2. The van der Waals surface area contributed by atoms with E-state index >= 15 is 0 Å². The highest BCUT2D eigenvalue weighted by molar-refractivity contribution is 7.47. The summed E-state index contributed by atoms with van der Waals surface area (Å²) in [4.78, 5) is 35.0. The van der Waals surface area contributed by atoms with Crippen molar-refractivity contribution in [3.05, 3.63) is 48.6 Å². The van der Waals surface area contributed by atoms with Gasteiger partial charge in [0.2, 0.25) is 0 Å². The molecule has 0 spiro atoms. The fourth-order valence-electron chi connectivity index (χ4n) is 5.60. The molecule has 0 amide bonds. The number of unbranched alkanes of at least 4 members (excludes halogenated alkanes) is 12. The van der Waals surface area contributed by atoms with E-state index in [1.165, 1.54) is 19.3 Å². The van der Waals surface area contributed by atoms with Gasteiger partial charge in [0.25, 0.3) is 0 Å². The molecule has 3 N–H and O–H groups in total. The Morgan fingerprint density at radius 3 is 1.94 bits per heavy atom. The van der Waals surface area contributed by atoms with E-state index in [0.717, 1.165) is 96.3 Å². The normalized spacial score (nSPS) is 18.2. The fraction of sp³-hybridized carbons (Fsp3) is 0.762. The van der Waals surface area contributed by atoms with E-state index in [-0.39, 0.29) is 19.4 Å². The average Bonchev–Trinajstić information content (AvgIpc) is 3.92. The summed E-state index contributed by atoms with van der Waals surface area (Å²) in [7, 11) is -4.63. The van der Waals surface area contributed by atoms with Gasteiger partial charge >= 0.3 is 19.8 Å². The Labute approximate surface area is 326 Å². The molecule has 0 aromatic heterocycles. The van der Waals surface area contributed by atoms with Crippen molar-refractivity contribution in [2.75, 3.05) is 26.4 Å². The molecule has 12 heteroatoms. The zero-order valence-corrected chi connectivity index (χ0v) is 34.3. The number of esters is 2. The van der Waals surface area contributed by atoms with Gasteiger partial charge in [-0.15, -0.1) is 0 Å². The Balaban J connectivity index is 2.29. The number of phosphoric acid groups is 1. The van der Waals surface area contributed by atoms with E-state index in [1.807, 2.05) is 0 Å². The molecule has 0 aliphatic carbocycles. The first-order valence-corrected chi connectivity index (χ1v) is 22.2. The lowest BCUT2D eigenvalue weighted by molar-refractivity contribution is -0.161. The molecule has 0 radical (unpaired) electrons. The van der Waals surface area contributed by atoms with Crippen LogP contribution in [0.15, 0.2) is 48.6 Å². The monoisotopic (exact) mass is 784 g/mol. The van der Waals surface area contributed by atoms with E-state index in [4.69, 9.17) is 23.8 Å². The number of carbonyl (C=O) groups excluding carboxylic acids is 2. The maximum absolute atomic E-state index is 12.6. The topological polar surface area (TPSA) is 161 Å². The Morgan fingerprint density at radius 2 is 1.26 bits per heavy atom. The SMILES string of the molecule is CC/C=C\C/C=C\C/C=C\CCCCCCCC(=O)O[C@H](COC(=O)CCCCCCCC1OC1C/C=C\CCCCC)COP(=O)(O)OC[C@@H](O)CO. The van der Waals surface area contributed by atoms with Crippen molar-refractivity contribution in [1.82, 2.24) is 0 Å². The molecule has 3 unspecified atom stereocenters. The smallest absolute Gasteiger partial charge is 0.462 e. The summed E-state index contributed by atoms with van der Waals surface area (Å²) in [5, 5.41) is 18.3. The van der Waals surface area contributed by atoms with Crippen LogP contribution < -0.4 is 0 Å². The summed E-state index contributed by atoms with van der Waals surface area (Å²) in [6.45, 7) is 2.17. The summed E-state index contributed by atoms with van der Waals surface area (Å²) in [5.41, 5.74) is 0. The molecule has 1 heterocycles. The molecule has 1 rings (SSSR count). The number of hydrogen-bond acceptors (Lipinski definition) is 10. The lowest BCUT2D eigenvalue weighted by Crippen LogP contribution is -2.29. The van der Waals surface area contributed by atoms with Crippen molar-refractivity contribution in [2.45, 2.75) is 180 Å². The Hall–Kier alpha value is -2.11. The lowest BCUT2D eigenvalue weighted by atomic mass is 10.1. The maximum Gasteiger partial charge on any atom is 0.472 e. The van der Waals surface area contributed by atoms with Crippen molar-refractivity contribution in [3.8, 4) is 0 Å². The number of ether oxygens (including phenoxy) is 3. The zero-order valence-electron chi connectivity index (χ0n) is 33.4. The number of hydrogen-bond donors (Lipinski definition) is 3. The number of epoxide rings is 1. The van der Waals surface area contributed by atoms with Crippen LogP contribution in [0.3, 0.4) is 0 Å². The predicted octanol–water partition coefficient (Wildman–Crippen LogP) is 9.54. The highest BCUT2D eigenvalue weighted by Gasteiger charge is 2.36. The molecular formula is C42H73O11P. The lowest BCUT2D eigenvalue weighted by Gasteiger charge is -2.20. The van der Waals surface area contributed by atoms with Crippen LogP contribution in [0.25, 0.3) is 0 Å². The van der Waals surface area contributed by atoms with Crippen molar-refractivity contribution in [3.63, 3.8) is 0 Å². The fourth-order valence-corrected chi connectivity index (χ4v) is 6.39. The van der Waals surface area contributed by atoms with Gasteiger partial charge in [0.05, 0.1) is 32.0 Å². The molecule has 0 aromatic rings. The van der Waals surface area contributed by atoms with Gasteiger partial charge in [-0.25, -0.2) is 4.57 Å². The Morgan fingerprint density at radius 1 is 0.685 bits per heavy atom. The van der Waals surface area contributed by atoms with Crippen LogP contribution in [0.4, 0.5) is 0 Å². The number of aliphatic hydroxyl groups excluding tert-OH is 2. The molecule has 5 atom stereocenters. The number of allylic oxidation sites excluding steroid dienone is 7. The van der Waals surface area contributed by atoms with E-state index in [2.05, 4.69) is 67.0 Å². The van der Waals surface area contributed by atoms with Crippen molar-refractivity contribution in [1.29, 1.82) is 0 Å². The predicted molar refractivity (Wildman–Crippen MR) is 214 cm³/mol. The summed E-state index contributed by atoms with van der Waals surface area (Å²) < 4.78 is 38.4. The number of phosphoric ester groups is 1. The summed E-state index contributed by atoms with van der Waals surface area (Å²) in [6.07, 6.45) is 36.7. The number of carbonyl (C=O) groups is 2. The Bertz CT molecular complexity index is 1110. The molecule has 11 nitrogen and oxygen atoms in total. The van der Waals surface area contributed by atoms with Gasteiger partial charge < -0.3 is 29.3 Å². The number of rotatable bonds is 37. The van der Waals surface area contributed by atoms with Crippen LogP contribution in [-0.2, 0) is 37.4 Å². The molecule has 0 saturated carbocycles. The maximum atomic E-state index is 12.6. The van der Waals surface area contributed by atoms with Crippen LogP contribution in [0.5, 0.6) is 0 Å². The molecule has 54 heavy (non-hydrogen) atoms. The molecule has 0 bridgehead atoms. The molecule has 312 valence electrons. The van der Waals surface area contributed by atoms with Crippen molar-refractivity contribution < 1.29 is 52.5 Å². The Kier molecular flexibility index (Phi) is 31.6. The van der Waals surface area contributed by atoms with Gasteiger partial charge in [0, 0.05) is 12.8 Å². The van der Waals surface area contributed by atoms with E-state index in [1.54, 1.807) is 0 Å². The van der Waals surface area contributed by atoms with Gasteiger partial charge in [-0.1, -0.05) is 120 Å². The second kappa shape index (κ2) is 34.2. The van der Waals surface area contributed by atoms with Crippen molar-refractivity contribution >= 4 is 19.8 Å². The number of aliphatic hydroxyl groups is 2. The molecule has 1 aliphatic heterocycles. The standard InChI is InChI=1S/C42H73O11P/c1-3-5-7-9-11-12-13-14-15-16-17-18-19-23-28-32-42(46)52-38(36-51-54(47,48)50-34-37(44)33-43)35-49-41(45)31-27-24-20-22-26-30-40-39(53-40)29-25-21-10-8-6-4-2/h5,7,11-12,14-15,21,25,37-40,43-44H,3-4,6,8-10,13,16-20,22-24,26-36H2,1-2H3,(H,47,48)/b7-5-,12-11-,15-14-,25-21-/t37-,38+,39?,40?/m0/s1. The third-order valence-electron chi connectivity index (χ3n) is 8.89. The van der Waals surface area contributed by atoms with Crippen LogP contribution in [0.2, 0.25) is 0 Å². The third-order valence-corrected chi connectivity index (χ3v) is 9.84. The molecule has 1 fully saturated rings. The minimum absolute atomic E-state index is 0.157. The minimum Gasteiger partial charge on any atom is -0.462 e. The van der Waals surface area contributed by atoms with Crippen LogP contribution in [0, 0.1) is 0 Å². The first kappa shape index (κ1) is 49.9. The van der Waals surface area contributed by atoms with Gasteiger partial charge in [0.15, 0.2) is 6.10 Å². The van der Waals surface area contributed by atoms with Gasteiger partial charge in [-0.05, 0) is 70.6 Å². The van der Waals surface area contributed by atoms with E-state index < -0.39 is 51.8 Å². The minimum atomic E-state index is -4.63. The first-order valence-electron chi connectivity index (χ1n) is 20.7. The highest BCUT2D eigenvalue weighted by Crippen LogP contribution is 2.43. The van der Waals surface area contributed by atoms with Crippen LogP contribution >= 0.6 is 7.82 Å². The largest absolute Gasteiger partial charge is 0.472 e. The molecule has 1 saturated heterocycles. The van der Waals surface area contributed by atoms with Gasteiger partial charge in [0.1, 0.15) is 12.7 Å². The van der Waals surface area contributed by atoms with Crippen LogP contribution in [0.1, 0.15) is 155 Å². The first-order chi connectivity index (χ1) is 26.2. The molecule has 0 aromatic carbocycles. The van der Waals surface area contributed by atoms with Crippen molar-refractivity contribution in [2.24, 2.45) is 0 Å². The second-order valence-electron chi connectivity index (χ2n) is 14.0. The average molecular weight is 785 g/mol. The van der Waals surface area contributed by atoms with Gasteiger partial charge in [-0.2, -0.15) is 0 Å². The summed E-state index contributed by atoms with van der Waals surface area (Å²) >= 11 is 0. The zero-order chi connectivity index (χ0) is 39.5. The quantitative estimate of drug-likeness (QED) is 0.0181.